The number of nitrogens with zero attached hydrogens (tertiary/aromatic N) is 1. The monoisotopic (exact) mass is 256 g/mol. The molecule has 0 radical (unpaired) electrons. The lowest BCUT2D eigenvalue weighted by atomic mass is 10.1. The first kappa shape index (κ1) is 13.6. The first-order valence-corrected chi connectivity index (χ1v) is 5.71. The molecule has 4 nitrogen and oxygen atoms in total. The standard InChI is InChI=1S/C12H17ClN2O2/c1-14-12(16)15(2)7-6-9-8-10(13)4-5-11(9)17-3/h4-5,8H,6-7H2,1-3H3,(H,14,16). The number of hydrogen-bond donors (Lipinski definition) is 1. The number of likely N-dealkylation sites (N-methyl/N-ethyl adjacent to an activating group) is 1. The number of halogens is 1. The molecule has 0 heterocycles. The number of rotatable bonds is 4. The summed E-state index contributed by atoms with van der Waals surface area (Å²) in [7, 11) is 4.98. The van der Waals surface area contributed by atoms with Crippen LogP contribution in [0.5, 0.6) is 5.75 Å². The van der Waals surface area contributed by atoms with Gasteiger partial charge in [-0.1, -0.05) is 11.6 Å². The van der Waals surface area contributed by atoms with Gasteiger partial charge in [-0.15, -0.1) is 0 Å². The fourth-order valence-electron chi connectivity index (χ4n) is 1.52. The van der Waals surface area contributed by atoms with E-state index in [-0.39, 0.29) is 6.03 Å². The van der Waals surface area contributed by atoms with E-state index in [1.165, 1.54) is 0 Å². The van der Waals surface area contributed by atoms with Gasteiger partial charge in [0.05, 0.1) is 7.11 Å². The third-order valence-corrected chi connectivity index (χ3v) is 2.75. The average Bonchev–Trinajstić information content (AvgIpc) is 2.35. The molecule has 0 atom stereocenters. The molecule has 0 unspecified atom stereocenters. The van der Waals surface area contributed by atoms with Gasteiger partial charge in [0.1, 0.15) is 5.75 Å². The third-order valence-electron chi connectivity index (χ3n) is 2.52. The number of carbonyl (C=O) groups excluding carboxylic acids is 1. The van der Waals surface area contributed by atoms with Crippen LogP contribution < -0.4 is 10.1 Å². The molecule has 0 spiro atoms. The Bertz CT molecular complexity index is 396. The van der Waals surface area contributed by atoms with Crippen LogP contribution in [0.3, 0.4) is 0 Å². The molecule has 1 N–H and O–H groups in total. The van der Waals surface area contributed by atoms with Crippen LogP contribution in [-0.2, 0) is 6.42 Å². The Labute approximate surface area is 107 Å². The van der Waals surface area contributed by atoms with Gasteiger partial charge < -0.3 is 15.0 Å². The number of amides is 2. The molecular weight excluding hydrogens is 240 g/mol. The smallest absolute Gasteiger partial charge is 0.316 e. The molecule has 5 heteroatoms. The van der Waals surface area contributed by atoms with Gasteiger partial charge in [-0.05, 0) is 30.2 Å². The van der Waals surface area contributed by atoms with Crippen LogP contribution in [0, 0.1) is 0 Å². The first-order valence-electron chi connectivity index (χ1n) is 5.33. The van der Waals surface area contributed by atoms with Crippen molar-refractivity contribution in [3.05, 3.63) is 28.8 Å². The molecule has 0 aliphatic rings. The summed E-state index contributed by atoms with van der Waals surface area (Å²) in [4.78, 5) is 12.9. The second-order valence-corrected chi connectivity index (χ2v) is 4.12. The van der Waals surface area contributed by atoms with Crippen molar-refractivity contribution in [2.75, 3.05) is 27.7 Å². The van der Waals surface area contributed by atoms with Gasteiger partial charge in [-0.3, -0.25) is 0 Å². The van der Waals surface area contributed by atoms with Crippen LogP contribution in [0.1, 0.15) is 5.56 Å². The lowest BCUT2D eigenvalue weighted by Crippen LogP contribution is -2.36. The zero-order chi connectivity index (χ0) is 12.8. The summed E-state index contributed by atoms with van der Waals surface area (Å²) in [5, 5.41) is 3.24. The highest BCUT2D eigenvalue weighted by Gasteiger charge is 2.08. The lowest BCUT2D eigenvalue weighted by molar-refractivity contribution is 0.211. The van der Waals surface area contributed by atoms with Crippen LogP contribution in [0.15, 0.2) is 18.2 Å². The zero-order valence-corrected chi connectivity index (χ0v) is 11.0. The highest BCUT2D eigenvalue weighted by atomic mass is 35.5. The van der Waals surface area contributed by atoms with Gasteiger partial charge in [-0.25, -0.2) is 4.79 Å². The average molecular weight is 257 g/mol. The minimum atomic E-state index is -0.106. The maximum Gasteiger partial charge on any atom is 0.316 e. The van der Waals surface area contributed by atoms with Crippen LogP contribution in [0.25, 0.3) is 0 Å². The number of carbonyl (C=O) groups is 1. The molecule has 1 aromatic rings. The van der Waals surface area contributed by atoms with E-state index >= 15 is 0 Å². The molecule has 0 saturated carbocycles. The first-order chi connectivity index (χ1) is 8.08. The quantitative estimate of drug-likeness (QED) is 0.897. The van der Waals surface area contributed by atoms with Crippen LogP contribution in [0.2, 0.25) is 5.02 Å². The maximum absolute atomic E-state index is 11.3. The normalized spacial score (nSPS) is 9.88. The molecular formula is C12H17ClN2O2. The van der Waals surface area contributed by atoms with Crippen LogP contribution >= 0.6 is 11.6 Å². The van der Waals surface area contributed by atoms with E-state index in [1.54, 1.807) is 32.2 Å². The van der Waals surface area contributed by atoms with E-state index in [0.29, 0.717) is 18.0 Å². The third kappa shape index (κ3) is 3.82. The number of nitrogens with one attached hydrogen (secondary N) is 1. The summed E-state index contributed by atoms with van der Waals surface area (Å²) in [6, 6.07) is 5.37. The van der Waals surface area contributed by atoms with E-state index in [2.05, 4.69) is 5.32 Å². The molecule has 17 heavy (non-hydrogen) atoms. The SMILES string of the molecule is CNC(=O)N(C)CCc1cc(Cl)ccc1OC. The lowest BCUT2D eigenvalue weighted by Gasteiger charge is -2.17. The molecule has 2 amide bonds. The summed E-state index contributed by atoms with van der Waals surface area (Å²) in [5.41, 5.74) is 0.996. The topological polar surface area (TPSA) is 41.6 Å². The van der Waals surface area contributed by atoms with Crippen molar-refractivity contribution >= 4 is 17.6 Å². The van der Waals surface area contributed by atoms with Crippen molar-refractivity contribution in [1.29, 1.82) is 0 Å². The minimum absolute atomic E-state index is 0.106. The Balaban J connectivity index is 2.68. The van der Waals surface area contributed by atoms with E-state index in [4.69, 9.17) is 16.3 Å². The summed E-state index contributed by atoms with van der Waals surface area (Å²) in [6.07, 6.45) is 0.702. The zero-order valence-electron chi connectivity index (χ0n) is 10.3. The van der Waals surface area contributed by atoms with Gasteiger partial charge in [0.25, 0.3) is 0 Å². The molecule has 1 aromatic carbocycles. The van der Waals surface area contributed by atoms with Crippen molar-refractivity contribution in [3.8, 4) is 5.75 Å². The van der Waals surface area contributed by atoms with Gasteiger partial charge in [-0.2, -0.15) is 0 Å². The van der Waals surface area contributed by atoms with E-state index in [0.717, 1.165) is 11.3 Å². The van der Waals surface area contributed by atoms with Crippen molar-refractivity contribution in [2.45, 2.75) is 6.42 Å². The Morgan fingerprint density at radius 2 is 2.24 bits per heavy atom. The highest BCUT2D eigenvalue weighted by molar-refractivity contribution is 6.30. The number of hydrogen-bond acceptors (Lipinski definition) is 2. The summed E-state index contributed by atoms with van der Waals surface area (Å²) < 4.78 is 5.24. The molecule has 0 fully saturated rings. The van der Waals surface area contributed by atoms with Crippen molar-refractivity contribution in [3.63, 3.8) is 0 Å². The van der Waals surface area contributed by atoms with Crippen LogP contribution in [0.4, 0.5) is 4.79 Å². The van der Waals surface area contributed by atoms with E-state index < -0.39 is 0 Å². The number of benzene rings is 1. The number of urea groups is 1. The largest absolute Gasteiger partial charge is 0.496 e. The van der Waals surface area contributed by atoms with Gasteiger partial charge in [0.2, 0.25) is 0 Å². The fraction of sp³-hybridized carbons (Fsp3) is 0.417. The number of methoxy groups -OCH3 is 1. The molecule has 0 aromatic heterocycles. The summed E-state index contributed by atoms with van der Waals surface area (Å²) in [5.74, 6) is 0.791. The Hall–Kier alpha value is -1.42. The predicted octanol–water partition coefficient (Wildman–Crippen LogP) is 2.16. The van der Waals surface area contributed by atoms with E-state index in [9.17, 15) is 4.79 Å². The molecule has 0 aliphatic carbocycles. The minimum Gasteiger partial charge on any atom is -0.496 e. The Kier molecular flexibility index (Phi) is 5.10. The summed E-state index contributed by atoms with van der Waals surface area (Å²) >= 11 is 5.93. The predicted molar refractivity (Wildman–Crippen MR) is 68.8 cm³/mol. The molecule has 0 aliphatic heterocycles. The van der Waals surface area contributed by atoms with E-state index in [1.807, 2.05) is 12.1 Å². The van der Waals surface area contributed by atoms with Gasteiger partial charge in [0, 0.05) is 25.7 Å². The van der Waals surface area contributed by atoms with Crippen molar-refractivity contribution in [2.24, 2.45) is 0 Å². The van der Waals surface area contributed by atoms with Crippen molar-refractivity contribution in [1.82, 2.24) is 10.2 Å². The Morgan fingerprint density at radius 3 is 2.82 bits per heavy atom. The number of ether oxygens (including phenoxy) is 1. The van der Waals surface area contributed by atoms with Crippen molar-refractivity contribution < 1.29 is 9.53 Å². The maximum atomic E-state index is 11.3. The van der Waals surface area contributed by atoms with Gasteiger partial charge >= 0.3 is 6.03 Å². The molecule has 0 saturated heterocycles. The second kappa shape index (κ2) is 6.35. The second-order valence-electron chi connectivity index (χ2n) is 3.68. The van der Waals surface area contributed by atoms with Crippen LogP contribution in [-0.4, -0.2) is 38.7 Å². The molecule has 94 valence electrons. The fourth-order valence-corrected chi connectivity index (χ4v) is 1.72. The summed E-state index contributed by atoms with van der Waals surface area (Å²) in [6.45, 7) is 0.608. The molecule has 1 rings (SSSR count). The Morgan fingerprint density at radius 1 is 1.53 bits per heavy atom. The van der Waals surface area contributed by atoms with Gasteiger partial charge in [0.15, 0.2) is 0 Å². The molecule has 0 bridgehead atoms. The highest BCUT2D eigenvalue weighted by Crippen LogP contribution is 2.23.